The Hall–Kier alpha value is -1.51. The Morgan fingerprint density at radius 1 is 1.53 bits per heavy atom. The molecule has 0 saturated carbocycles. The Morgan fingerprint density at radius 3 is 2.73 bits per heavy atom. The molecule has 15 heavy (non-hydrogen) atoms. The quantitative estimate of drug-likeness (QED) is 0.826. The summed E-state index contributed by atoms with van der Waals surface area (Å²) < 4.78 is 0. The van der Waals surface area contributed by atoms with Crippen LogP contribution in [0, 0.1) is 5.92 Å². The molecular weight excluding hydrogens is 190 g/mol. The third-order valence-corrected chi connectivity index (χ3v) is 2.58. The molecule has 0 bridgehead atoms. The smallest absolute Gasteiger partial charge is 0.229 e. The van der Waals surface area contributed by atoms with Gasteiger partial charge < -0.3 is 10.0 Å². The van der Waals surface area contributed by atoms with Gasteiger partial charge in [-0.3, -0.25) is 4.79 Å². The van der Waals surface area contributed by atoms with Gasteiger partial charge in [0.2, 0.25) is 5.91 Å². The van der Waals surface area contributed by atoms with Crippen LogP contribution in [0.4, 0.5) is 5.69 Å². The second-order valence-electron chi connectivity index (χ2n) is 3.73. The van der Waals surface area contributed by atoms with Crippen LogP contribution in [0.25, 0.3) is 0 Å². The molecule has 0 radical (unpaired) electrons. The molecule has 0 heterocycles. The molecule has 0 fully saturated rings. The van der Waals surface area contributed by atoms with Gasteiger partial charge in [0.1, 0.15) is 5.75 Å². The average Bonchev–Trinajstić information content (AvgIpc) is 2.26. The predicted octanol–water partition coefficient (Wildman–Crippen LogP) is 2.40. The van der Waals surface area contributed by atoms with E-state index in [1.807, 2.05) is 13.8 Å². The first-order valence-electron chi connectivity index (χ1n) is 5.12. The molecule has 3 heteroatoms. The van der Waals surface area contributed by atoms with E-state index in [0.29, 0.717) is 0 Å². The van der Waals surface area contributed by atoms with E-state index in [-0.39, 0.29) is 17.6 Å². The number of benzene rings is 1. The lowest BCUT2D eigenvalue weighted by molar-refractivity contribution is -0.121. The number of carbonyl (C=O) groups is 1. The number of anilines is 1. The van der Waals surface area contributed by atoms with Crippen molar-refractivity contribution in [3.63, 3.8) is 0 Å². The molecule has 1 atom stereocenters. The predicted molar refractivity (Wildman–Crippen MR) is 61.0 cm³/mol. The maximum atomic E-state index is 11.8. The highest BCUT2D eigenvalue weighted by molar-refractivity contribution is 5.94. The summed E-state index contributed by atoms with van der Waals surface area (Å²) in [6, 6.07) is 6.70. The number of phenolic OH excluding ortho intramolecular Hbond substituents is 1. The van der Waals surface area contributed by atoms with E-state index in [0.717, 1.165) is 12.1 Å². The number of rotatable bonds is 3. The van der Waals surface area contributed by atoms with Gasteiger partial charge in [0.15, 0.2) is 0 Å². The summed E-state index contributed by atoms with van der Waals surface area (Å²) in [5.41, 5.74) is 0.723. The van der Waals surface area contributed by atoms with Crippen LogP contribution in [-0.4, -0.2) is 18.1 Å². The molecule has 82 valence electrons. The number of phenols is 1. The molecule has 0 saturated heterocycles. The van der Waals surface area contributed by atoms with E-state index >= 15 is 0 Å². The van der Waals surface area contributed by atoms with Crippen molar-refractivity contribution in [3.05, 3.63) is 24.3 Å². The van der Waals surface area contributed by atoms with Crippen molar-refractivity contribution in [2.45, 2.75) is 20.3 Å². The van der Waals surface area contributed by atoms with E-state index in [1.165, 1.54) is 0 Å². The van der Waals surface area contributed by atoms with Crippen LogP contribution in [-0.2, 0) is 4.79 Å². The Morgan fingerprint density at radius 2 is 2.20 bits per heavy atom. The van der Waals surface area contributed by atoms with Crippen molar-refractivity contribution >= 4 is 11.6 Å². The molecule has 0 aliphatic carbocycles. The summed E-state index contributed by atoms with van der Waals surface area (Å²) in [5.74, 6) is 0.261. The largest absolute Gasteiger partial charge is 0.508 e. The van der Waals surface area contributed by atoms with E-state index in [4.69, 9.17) is 0 Å². The minimum absolute atomic E-state index is 0.0114. The molecule has 1 N–H and O–H groups in total. The van der Waals surface area contributed by atoms with Crippen molar-refractivity contribution in [2.75, 3.05) is 11.9 Å². The summed E-state index contributed by atoms with van der Waals surface area (Å²) in [5, 5.41) is 9.30. The highest BCUT2D eigenvalue weighted by Gasteiger charge is 2.16. The van der Waals surface area contributed by atoms with Gasteiger partial charge in [-0.1, -0.05) is 19.9 Å². The molecule has 0 aromatic heterocycles. The summed E-state index contributed by atoms with van der Waals surface area (Å²) in [7, 11) is 1.73. The van der Waals surface area contributed by atoms with Crippen molar-refractivity contribution in [1.82, 2.24) is 0 Å². The number of amides is 1. The fourth-order valence-corrected chi connectivity index (χ4v) is 1.33. The van der Waals surface area contributed by atoms with Gasteiger partial charge >= 0.3 is 0 Å². The first kappa shape index (κ1) is 11.6. The van der Waals surface area contributed by atoms with E-state index in [1.54, 1.807) is 36.2 Å². The van der Waals surface area contributed by atoms with Gasteiger partial charge in [-0.05, 0) is 18.6 Å². The van der Waals surface area contributed by atoms with Crippen molar-refractivity contribution in [1.29, 1.82) is 0 Å². The molecule has 1 aromatic rings. The Labute approximate surface area is 90.3 Å². The van der Waals surface area contributed by atoms with E-state index < -0.39 is 0 Å². The zero-order valence-electron chi connectivity index (χ0n) is 9.40. The average molecular weight is 207 g/mol. The van der Waals surface area contributed by atoms with Crippen LogP contribution in [0.3, 0.4) is 0 Å². The zero-order chi connectivity index (χ0) is 11.4. The van der Waals surface area contributed by atoms with Gasteiger partial charge in [-0.2, -0.15) is 0 Å². The Balaban J connectivity index is 2.85. The van der Waals surface area contributed by atoms with Gasteiger partial charge in [-0.15, -0.1) is 0 Å². The van der Waals surface area contributed by atoms with Crippen LogP contribution in [0.1, 0.15) is 20.3 Å². The standard InChI is InChI=1S/C12H17NO2/c1-4-9(2)12(15)13(3)10-6-5-7-11(14)8-10/h5-9,14H,4H2,1-3H3. The fourth-order valence-electron chi connectivity index (χ4n) is 1.33. The minimum Gasteiger partial charge on any atom is -0.508 e. The molecule has 0 aliphatic rings. The fraction of sp³-hybridized carbons (Fsp3) is 0.417. The lowest BCUT2D eigenvalue weighted by Crippen LogP contribution is -2.31. The van der Waals surface area contributed by atoms with Crippen LogP contribution in [0.5, 0.6) is 5.75 Å². The summed E-state index contributed by atoms with van der Waals surface area (Å²) >= 11 is 0. The number of nitrogens with zero attached hydrogens (tertiary/aromatic N) is 1. The third kappa shape index (κ3) is 2.72. The van der Waals surface area contributed by atoms with Crippen LogP contribution < -0.4 is 4.90 Å². The maximum absolute atomic E-state index is 11.8. The van der Waals surface area contributed by atoms with E-state index in [2.05, 4.69) is 0 Å². The first-order chi connectivity index (χ1) is 7.06. The SMILES string of the molecule is CCC(C)C(=O)N(C)c1cccc(O)c1. The molecule has 1 unspecified atom stereocenters. The highest BCUT2D eigenvalue weighted by Crippen LogP contribution is 2.20. The lowest BCUT2D eigenvalue weighted by Gasteiger charge is -2.20. The van der Waals surface area contributed by atoms with Gasteiger partial charge in [0.05, 0.1) is 0 Å². The topological polar surface area (TPSA) is 40.5 Å². The summed E-state index contributed by atoms with van der Waals surface area (Å²) in [6.07, 6.45) is 0.821. The number of aromatic hydroxyl groups is 1. The van der Waals surface area contributed by atoms with Gasteiger partial charge in [-0.25, -0.2) is 0 Å². The second kappa shape index (κ2) is 4.82. The van der Waals surface area contributed by atoms with Gasteiger partial charge in [0, 0.05) is 24.7 Å². The zero-order valence-corrected chi connectivity index (χ0v) is 9.40. The second-order valence-corrected chi connectivity index (χ2v) is 3.73. The summed E-state index contributed by atoms with van der Waals surface area (Å²) in [6.45, 7) is 3.89. The minimum atomic E-state index is 0.0114. The summed E-state index contributed by atoms with van der Waals surface area (Å²) in [4.78, 5) is 13.4. The molecule has 1 rings (SSSR count). The number of carbonyl (C=O) groups excluding carboxylic acids is 1. The number of hydrogen-bond donors (Lipinski definition) is 1. The first-order valence-corrected chi connectivity index (χ1v) is 5.12. The molecular formula is C12H17NO2. The van der Waals surface area contributed by atoms with Crippen molar-refractivity contribution in [3.8, 4) is 5.75 Å². The molecule has 1 amide bonds. The van der Waals surface area contributed by atoms with Crippen molar-refractivity contribution in [2.24, 2.45) is 5.92 Å². The van der Waals surface area contributed by atoms with Crippen LogP contribution in [0.15, 0.2) is 24.3 Å². The van der Waals surface area contributed by atoms with Crippen molar-refractivity contribution < 1.29 is 9.90 Å². The Kier molecular flexibility index (Phi) is 3.72. The highest BCUT2D eigenvalue weighted by atomic mass is 16.3. The third-order valence-electron chi connectivity index (χ3n) is 2.58. The molecule has 0 spiro atoms. The van der Waals surface area contributed by atoms with Gasteiger partial charge in [0.25, 0.3) is 0 Å². The number of hydrogen-bond acceptors (Lipinski definition) is 2. The molecule has 0 aliphatic heterocycles. The normalized spacial score (nSPS) is 12.2. The maximum Gasteiger partial charge on any atom is 0.229 e. The lowest BCUT2D eigenvalue weighted by atomic mass is 10.1. The molecule has 3 nitrogen and oxygen atoms in total. The molecule has 1 aromatic carbocycles. The van der Waals surface area contributed by atoms with Crippen LogP contribution >= 0.6 is 0 Å². The van der Waals surface area contributed by atoms with E-state index in [9.17, 15) is 9.90 Å². The Bertz CT molecular complexity index is 349. The van der Waals surface area contributed by atoms with Crippen LogP contribution in [0.2, 0.25) is 0 Å². The monoisotopic (exact) mass is 207 g/mol.